The predicted octanol–water partition coefficient (Wildman–Crippen LogP) is 1.57. The van der Waals surface area contributed by atoms with Gasteiger partial charge in [0.25, 0.3) is 0 Å². The molecule has 2 rings (SSSR count). The Morgan fingerprint density at radius 3 is 2.79 bits per heavy atom. The van der Waals surface area contributed by atoms with Gasteiger partial charge in [-0.2, -0.15) is 5.10 Å². The number of pyridine rings is 1. The van der Waals surface area contributed by atoms with Crippen molar-refractivity contribution < 1.29 is 14.8 Å². The van der Waals surface area contributed by atoms with Gasteiger partial charge in [-0.05, 0) is 0 Å². The van der Waals surface area contributed by atoms with Crippen molar-refractivity contribution in [2.75, 3.05) is 0 Å². The van der Waals surface area contributed by atoms with E-state index in [1.807, 2.05) is 0 Å². The third kappa shape index (κ3) is 2.88. The molecule has 0 aliphatic heterocycles. The molecule has 98 valence electrons. The van der Waals surface area contributed by atoms with Gasteiger partial charge in [0.15, 0.2) is 5.03 Å². The SMILES string of the molecule is Cn1cc(Sc2ncc(C(=O)O)cc2[N+](=O)[O-])cn1. The van der Waals surface area contributed by atoms with Crippen molar-refractivity contribution in [3.63, 3.8) is 0 Å². The van der Waals surface area contributed by atoms with Crippen molar-refractivity contribution in [2.45, 2.75) is 9.92 Å². The molecule has 2 heterocycles. The maximum Gasteiger partial charge on any atom is 0.337 e. The minimum absolute atomic E-state index is 0.128. The minimum Gasteiger partial charge on any atom is -0.478 e. The Labute approximate surface area is 111 Å². The normalized spacial score (nSPS) is 10.4. The highest BCUT2D eigenvalue weighted by atomic mass is 32.2. The zero-order chi connectivity index (χ0) is 14.0. The molecule has 0 aliphatic rings. The molecule has 2 aromatic rings. The monoisotopic (exact) mass is 280 g/mol. The first kappa shape index (κ1) is 13.0. The molecule has 8 nitrogen and oxygen atoms in total. The van der Waals surface area contributed by atoms with Gasteiger partial charge in [-0.1, -0.05) is 11.8 Å². The summed E-state index contributed by atoms with van der Waals surface area (Å²) in [6.45, 7) is 0. The van der Waals surface area contributed by atoms with Gasteiger partial charge in [-0.3, -0.25) is 14.8 Å². The molecule has 0 fully saturated rings. The zero-order valence-corrected chi connectivity index (χ0v) is 10.5. The second kappa shape index (κ2) is 5.06. The molecule has 0 saturated carbocycles. The Balaban J connectivity index is 2.39. The summed E-state index contributed by atoms with van der Waals surface area (Å²) in [5, 5.41) is 23.8. The Morgan fingerprint density at radius 1 is 1.53 bits per heavy atom. The van der Waals surface area contributed by atoms with Crippen LogP contribution in [0.25, 0.3) is 0 Å². The van der Waals surface area contributed by atoms with Crippen molar-refractivity contribution in [2.24, 2.45) is 7.05 Å². The maximum absolute atomic E-state index is 10.9. The number of hydrogen-bond acceptors (Lipinski definition) is 6. The largest absolute Gasteiger partial charge is 0.478 e. The average molecular weight is 280 g/mol. The Hall–Kier alpha value is -2.42. The molecule has 0 amide bonds. The average Bonchev–Trinajstić information content (AvgIpc) is 2.74. The van der Waals surface area contributed by atoms with Crippen LogP contribution in [-0.4, -0.2) is 30.8 Å². The van der Waals surface area contributed by atoms with Crippen molar-refractivity contribution >= 4 is 23.4 Å². The van der Waals surface area contributed by atoms with Gasteiger partial charge < -0.3 is 5.11 Å². The summed E-state index contributed by atoms with van der Waals surface area (Å²) in [5.74, 6) is -1.26. The lowest BCUT2D eigenvalue weighted by Gasteiger charge is -2.01. The van der Waals surface area contributed by atoms with E-state index in [1.165, 1.54) is 0 Å². The number of carboxylic acids is 1. The van der Waals surface area contributed by atoms with E-state index >= 15 is 0 Å². The lowest BCUT2D eigenvalue weighted by molar-refractivity contribution is -0.388. The molecule has 2 aromatic heterocycles. The molecule has 0 atom stereocenters. The fourth-order valence-electron chi connectivity index (χ4n) is 1.33. The van der Waals surface area contributed by atoms with E-state index in [1.54, 1.807) is 24.1 Å². The number of carboxylic acid groups (broad SMARTS) is 1. The fraction of sp³-hybridized carbons (Fsp3) is 0.100. The summed E-state index contributed by atoms with van der Waals surface area (Å²) in [5.41, 5.74) is -0.559. The van der Waals surface area contributed by atoms with Gasteiger partial charge in [-0.25, -0.2) is 9.78 Å². The molecule has 0 bridgehead atoms. The topological polar surface area (TPSA) is 111 Å². The Bertz CT molecular complexity index is 655. The summed E-state index contributed by atoms with van der Waals surface area (Å²) < 4.78 is 1.56. The van der Waals surface area contributed by atoms with E-state index in [-0.39, 0.29) is 16.3 Å². The van der Waals surface area contributed by atoms with E-state index in [9.17, 15) is 14.9 Å². The first-order chi connectivity index (χ1) is 8.97. The minimum atomic E-state index is -1.26. The van der Waals surface area contributed by atoms with Crippen molar-refractivity contribution in [1.82, 2.24) is 14.8 Å². The number of aryl methyl sites for hydroxylation is 1. The quantitative estimate of drug-likeness (QED) is 0.668. The summed E-state index contributed by atoms with van der Waals surface area (Å²) in [6.07, 6.45) is 4.32. The molecule has 0 spiro atoms. The number of aromatic carboxylic acids is 1. The lowest BCUT2D eigenvalue weighted by Crippen LogP contribution is -2.01. The molecule has 0 saturated heterocycles. The van der Waals surface area contributed by atoms with Crippen LogP contribution < -0.4 is 0 Å². The molecule has 0 radical (unpaired) electrons. The summed E-state index contributed by atoms with van der Waals surface area (Å²) in [4.78, 5) is 25.6. The van der Waals surface area contributed by atoms with Crippen LogP contribution in [0.4, 0.5) is 5.69 Å². The van der Waals surface area contributed by atoms with Crippen LogP contribution in [0.5, 0.6) is 0 Å². The van der Waals surface area contributed by atoms with Crippen LogP contribution in [0, 0.1) is 10.1 Å². The lowest BCUT2D eigenvalue weighted by atomic mass is 10.3. The van der Waals surface area contributed by atoms with Gasteiger partial charge >= 0.3 is 11.7 Å². The van der Waals surface area contributed by atoms with Gasteiger partial charge in [-0.15, -0.1) is 0 Å². The number of nitrogens with zero attached hydrogens (tertiary/aromatic N) is 4. The zero-order valence-electron chi connectivity index (χ0n) is 9.68. The Kier molecular flexibility index (Phi) is 3.47. The van der Waals surface area contributed by atoms with Crippen LogP contribution in [0.15, 0.2) is 34.6 Å². The van der Waals surface area contributed by atoms with Crippen molar-refractivity contribution in [3.05, 3.63) is 40.3 Å². The summed E-state index contributed by atoms with van der Waals surface area (Å²) >= 11 is 1.05. The Morgan fingerprint density at radius 2 is 2.26 bits per heavy atom. The third-order valence-electron chi connectivity index (χ3n) is 2.17. The van der Waals surface area contributed by atoms with Gasteiger partial charge in [0, 0.05) is 25.5 Å². The molecule has 19 heavy (non-hydrogen) atoms. The summed E-state index contributed by atoms with van der Waals surface area (Å²) in [7, 11) is 1.72. The highest BCUT2D eigenvalue weighted by Crippen LogP contribution is 2.32. The predicted molar refractivity (Wildman–Crippen MR) is 65.2 cm³/mol. The number of carbonyl (C=O) groups is 1. The van der Waals surface area contributed by atoms with E-state index in [2.05, 4.69) is 10.1 Å². The van der Waals surface area contributed by atoms with E-state index < -0.39 is 10.9 Å². The van der Waals surface area contributed by atoms with Crippen LogP contribution in [-0.2, 0) is 7.05 Å². The molecule has 0 unspecified atom stereocenters. The number of rotatable bonds is 4. The highest BCUT2D eigenvalue weighted by Gasteiger charge is 2.20. The number of nitro groups is 1. The van der Waals surface area contributed by atoms with Gasteiger partial charge in [0.05, 0.1) is 21.6 Å². The van der Waals surface area contributed by atoms with E-state index in [0.29, 0.717) is 4.90 Å². The molecule has 0 aliphatic carbocycles. The standard InChI is InChI=1S/C10H8N4O4S/c1-13-5-7(4-12-13)19-9-8(14(17)18)2-6(3-11-9)10(15)16/h2-5H,1H3,(H,15,16). The second-order valence-electron chi connectivity index (χ2n) is 3.56. The molecule has 9 heteroatoms. The molecular formula is C10H8N4O4S. The number of aromatic nitrogens is 3. The van der Waals surface area contributed by atoms with Gasteiger partial charge in [0.2, 0.25) is 0 Å². The third-order valence-corrected chi connectivity index (χ3v) is 3.13. The van der Waals surface area contributed by atoms with Crippen molar-refractivity contribution in [1.29, 1.82) is 0 Å². The summed E-state index contributed by atoms with van der Waals surface area (Å²) in [6, 6.07) is 0.994. The van der Waals surface area contributed by atoms with Crippen molar-refractivity contribution in [3.8, 4) is 0 Å². The van der Waals surface area contributed by atoms with E-state index in [0.717, 1.165) is 24.0 Å². The smallest absolute Gasteiger partial charge is 0.337 e. The first-order valence-corrected chi connectivity index (χ1v) is 5.83. The molecule has 0 aromatic carbocycles. The fourth-order valence-corrected chi connectivity index (χ4v) is 2.20. The number of hydrogen-bond donors (Lipinski definition) is 1. The van der Waals surface area contributed by atoms with E-state index in [4.69, 9.17) is 5.11 Å². The van der Waals surface area contributed by atoms with Crippen LogP contribution in [0.2, 0.25) is 0 Å². The highest BCUT2D eigenvalue weighted by molar-refractivity contribution is 7.99. The van der Waals surface area contributed by atoms with Gasteiger partial charge in [0.1, 0.15) is 0 Å². The first-order valence-electron chi connectivity index (χ1n) is 5.01. The maximum atomic E-state index is 10.9. The second-order valence-corrected chi connectivity index (χ2v) is 4.62. The van der Waals surface area contributed by atoms with Crippen LogP contribution in [0.1, 0.15) is 10.4 Å². The van der Waals surface area contributed by atoms with Crippen LogP contribution in [0.3, 0.4) is 0 Å². The molecule has 1 N–H and O–H groups in total. The van der Waals surface area contributed by atoms with Crippen LogP contribution >= 0.6 is 11.8 Å². The molecular weight excluding hydrogens is 272 g/mol.